The van der Waals surface area contributed by atoms with E-state index in [1.165, 1.54) is 0 Å². The van der Waals surface area contributed by atoms with Crippen molar-refractivity contribution in [3.8, 4) is 0 Å². The third-order valence-electron chi connectivity index (χ3n) is 3.70. The molecule has 114 valence electrons. The van der Waals surface area contributed by atoms with Gasteiger partial charge in [0.2, 0.25) is 5.91 Å². The lowest BCUT2D eigenvalue weighted by atomic mass is 9.98. The van der Waals surface area contributed by atoms with Crippen molar-refractivity contribution in [3.05, 3.63) is 53.4 Å². The Bertz CT molecular complexity index is 675. The largest absolute Gasteiger partial charge is 0.361 e. The average molecular weight is 299 g/mol. The minimum Gasteiger partial charge on any atom is -0.361 e. The van der Waals surface area contributed by atoms with Crippen LogP contribution in [0.3, 0.4) is 0 Å². The molecule has 6 heteroatoms. The Hall–Kier alpha value is -2.63. The van der Waals surface area contributed by atoms with Gasteiger partial charge in [0.15, 0.2) is 5.69 Å². The predicted molar refractivity (Wildman–Crippen MR) is 78.9 cm³/mol. The Labute approximate surface area is 128 Å². The normalized spacial score (nSPS) is 14.5. The fourth-order valence-corrected chi connectivity index (χ4v) is 2.37. The van der Waals surface area contributed by atoms with Gasteiger partial charge in [0.25, 0.3) is 5.91 Å². The van der Waals surface area contributed by atoms with Crippen LogP contribution in [0.1, 0.15) is 21.8 Å². The molecule has 1 N–H and O–H groups in total. The van der Waals surface area contributed by atoms with Crippen LogP contribution in [-0.2, 0) is 11.3 Å². The van der Waals surface area contributed by atoms with E-state index in [0.29, 0.717) is 31.1 Å². The Morgan fingerprint density at radius 2 is 2.05 bits per heavy atom. The molecule has 0 aliphatic carbocycles. The highest BCUT2D eigenvalue weighted by atomic mass is 16.5. The van der Waals surface area contributed by atoms with E-state index in [4.69, 9.17) is 4.52 Å². The summed E-state index contributed by atoms with van der Waals surface area (Å²) in [7, 11) is 0. The average Bonchev–Trinajstić information content (AvgIpc) is 2.91. The van der Waals surface area contributed by atoms with Crippen LogP contribution in [0.2, 0.25) is 0 Å². The number of nitrogens with one attached hydrogen (secondary N) is 1. The van der Waals surface area contributed by atoms with E-state index in [1.54, 1.807) is 17.9 Å². The van der Waals surface area contributed by atoms with Crippen molar-refractivity contribution in [2.45, 2.75) is 13.5 Å². The highest BCUT2D eigenvalue weighted by Crippen LogP contribution is 2.19. The van der Waals surface area contributed by atoms with Gasteiger partial charge in [-0.1, -0.05) is 35.5 Å². The highest BCUT2D eigenvalue weighted by molar-refractivity contribution is 5.94. The minimum absolute atomic E-state index is 0.0239. The van der Waals surface area contributed by atoms with Gasteiger partial charge in [-0.25, -0.2) is 0 Å². The maximum atomic E-state index is 12.1. The van der Waals surface area contributed by atoms with E-state index >= 15 is 0 Å². The van der Waals surface area contributed by atoms with Gasteiger partial charge in [0, 0.05) is 25.7 Å². The van der Waals surface area contributed by atoms with E-state index < -0.39 is 0 Å². The molecule has 2 aromatic rings. The van der Waals surface area contributed by atoms with Crippen LogP contribution >= 0.6 is 0 Å². The van der Waals surface area contributed by atoms with Crippen molar-refractivity contribution in [1.29, 1.82) is 0 Å². The molecule has 2 amide bonds. The van der Waals surface area contributed by atoms with Crippen LogP contribution in [0.15, 0.2) is 40.9 Å². The zero-order valence-electron chi connectivity index (χ0n) is 12.3. The van der Waals surface area contributed by atoms with E-state index in [-0.39, 0.29) is 17.7 Å². The standard InChI is InChI=1S/C16H17N3O3/c1-11-7-14(18-22-11)16(21)19-9-13(10-19)15(20)17-8-12-5-3-2-4-6-12/h2-7,13H,8-10H2,1H3,(H,17,20). The van der Waals surface area contributed by atoms with Crippen LogP contribution in [0.4, 0.5) is 0 Å². The lowest BCUT2D eigenvalue weighted by Crippen LogP contribution is -2.55. The summed E-state index contributed by atoms with van der Waals surface area (Å²) in [4.78, 5) is 25.7. The van der Waals surface area contributed by atoms with Gasteiger partial charge in [0.1, 0.15) is 5.76 Å². The van der Waals surface area contributed by atoms with Crippen LogP contribution in [0.25, 0.3) is 0 Å². The minimum atomic E-state index is -0.191. The number of hydrogen-bond acceptors (Lipinski definition) is 4. The lowest BCUT2D eigenvalue weighted by Gasteiger charge is -2.37. The number of amides is 2. The van der Waals surface area contributed by atoms with E-state index in [0.717, 1.165) is 5.56 Å². The number of hydrogen-bond donors (Lipinski definition) is 1. The maximum absolute atomic E-state index is 12.1. The first-order valence-corrected chi connectivity index (χ1v) is 7.17. The smallest absolute Gasteiger partial charge is 0.276 e. The van der Waals surface area contributed by atoms with Gasteiger partial charge in [-0.05, 0) is 12.5 Å². The molecule has 3 rings (SSSR count). The molecule has 0 spiro atoms. The molecule has 1 fully saturated rings. The molecule has 1 aromatic carbocycles. The van der Waals surface area contributed by atoms with E-state index in [9.17, 15) is 9.59 Å². The number of carbonyl (C=O) groups excluding carboxylic acids is 2. The predicted octanol–water partition coefficient (Wildman–Crippen LogP) is 1.37. The number of aryl methyl sites for hydroxylation is 1. The molecule has 0 unspecified atom stereocenters. The first-order chi connectivity index (χ1) is 10.6. The van der Waals surface area contributed by atoms with Gasteiger partial charge in [-0.3, -0.25) is 9.59 Å². The van der Waals surface area contributed by atoms with Gasteiger partial charge in [-0.2, -0.15) is 0 Å². The SMILES string of the molecule is Cc1cc(C(=O)N2CC(C(=O)NCc3ccccc3)C2)no1. The van der Waals surface area contributed by atoms with Gasteiger partial charge >= 0.3 is 0 Å². The van der Waals surface area contributed by atoms with Crippen LogP contribution in [0, 0.1) is 12.8 Å². The number of benzene rings is 1. The molecule has 0 atom stereocenters. The second-order valence-corrected chi connectivity index (χ2v) is 5.43. The zero-order chi connectivity index (χ0) is 15.5. The third-order valence-corrected chi connectivity index (χ3v) is 3.70. The van der Waals surface area contributed by atoms with E-state index in [2.05, 4.69) is 10.5 Å². The first-order valence-electron chi connectivity index (χ1n) is 7.17. The topological polar surface area (TPSA) is 75.4 Å². The summed E-state index contributed by atoms with van der Waals surface area (Å²) in [6.07, 6.45) is 0. The molecule has 1 aromatic heterocycles. The fraction of sp³-hybridized carbons (Fsp3) is 0.312. The summed E-state index contributed by atoms with van der Waals surface area (Å²) in [5.41, 5.74) is 1.35. The summed E-state index contributed by atoms with van der Waals surface area (Å²) in [5, 5.41) is 6.59. The number of nitrogens with zero attached hydrogens (tertiary/aromatic N) is 2. The van der Waals surface area contributed by atoms with Crippen LogP contribution in [0.5, 0.6) is 0 Å². The maximum Gasteiger partial charge on any atom is 0.276 e. The molecular weight excluding hydrogens is 282 g/mol. The monoisotopic (exact) mass is 299 g/mol. The number of aromatic nitrogens is 1. The van der Waals surface area contributed by atoms with E-state index in [1.807, 2.05) is 30.3 Å². The van der Waals surface area contributed by atoms with Crippen molar-refractivity contribution in [2.24, 2.45) is 5.92 Å². The third kappa shape index (κ3) is 3.00. The van der Waals surface area contributed by atoms with Crippen molar-refractivity contribution < 1.29 is 14.1 Å². The molecule has 22 heavy (non-hydrogen) atoms. The second kappa shape index (κ2) is 6.01. The van der Waals surface area contributed by atoms with Gasteiger partial charge < -0.3 is 14.7 Å². The second-order valence-electron chi connectivity index (χ2n) is 5.43. The van der Waals surface area contributed by atoms with Crippen molar-refractivity contribution in [2.75, 3.05) is 13.1 Å². The highest BCUT2D eigenvalue weighted by Gasteiger charge is 2.36. The summed E-state index contributed by atoms with van der Waals surface area (Å²) < 4.78 is 4.89. The molecule has 1 aliphatic heterocycles. The number of carbonyl (C=O) groups is 2. The number of rotatable bonds is 4. The van der Waals surface area contributed by atoms with Crippen LogP contribution in [-0.4, -0.2) is 35.0 Å². The molecule has 2 heterocycles. The Morgan fingerprint density at radius 3 is 2.68 bits per heavy atom. The summed E-state index contributed by atoms with van der Waals surface area (Å²) >= 11 is 0. The summed E-state index contributed by atoms with van der Waals surface area (Å²) in [6.45, 7) is 3.09. The molecule has 1 aliphatic rings. The Morgan fingerprint density at radius 1 is 1.32 bits per heavy atom. The molecule has 0 saturated carbocycles. The number of likely N-dealkylation sites (tertiary alicyclic amines) is 1. The van der Waals surface area contributed by atoms with Crippen molar-refractivity contribution in [1.82, 2.24) is 15.4 Å². The van der Waals surface area contributed by atoms with Crippen molar-refractivity contribution in [3.63, 3.8) is 0 Å². The Kier molecular flexibility index (Phi) is 3.91. The zero-order valence-corrected chi connectivity index (χ0v) is 12.3. The van der Waals surface area contributed by atoms with Crippen LogP contribution < -0.4 is 5.32 Å². The van der Waals surface area contributed by atoms with Gasteiger partial charge in [0.05, 0.1) is 5.92 Å². The van der Waals surface area contributed by atoms with Crippen molar-refractivity contribution >= 4 is 11.8 Å². The van der Waals surface area contributed by atoms with Gasteiger partial charge in [-0.15, -0.1) is 0 Å². The molecular formula is C16H17N3O3. The molecule has 6 nitrogen and oxygen atoms in total. The fourth-order valence-electron chi connectivity index (χ4n) is 2.37. The first kappa shape index (κ1) is 14.3. The molecule has 0 radical (unpaired) electrons. The Balaban J connectivity index is 1.46. The lowest BCUT2D eigenvalue weighted by molar-refractivity contribution is -0.129. The summed E-state index contributed by atoms with van der Waals surface area (Å²) in [5.74, 6) is 0.231. The molecule has 0 bridgehead atoms. The molecule has 1 saturated heterocycles. The quantitative estimate of drug-likeness (QED) is 0.925. The summed E-state index contributed by atoms with van der Waals surface area (Å²) in [6, 6.07) is 11.3.